The fraction of sp³-hybridized carbons (Fsp3) is 0.364. The monoisotopic (exact) mass is 893 g/mol. The number of benzene rings is 7. The van der Waals surface area contributed by atoms with Gasteiger partial charge in [-0.1, -0.05) is 222 Å². The van der Waals surface area contributed by atoms with Gasteiger partial charge in [-0.2, -0.15) is 0 Å². The molecule has 0 amide bonds. The number of rotatable bonds is 2. The van der Waals surface area contributed by atoms with E-state index in [4.69, 9.17) is 0 Å². The van der Waals surface area contributed by atoms with Crippen molar-refractivity contribution in [3.63, 3.8) is 0 Å². The van der Waals surface area contributed by atoms with Gasteiger partial charge >= 0.3 is 0 Å². The van der Waals surface area contributed by atoms with Gasteiger partial charge in [0.05, 0.1) is 33.1 Å². The Morgan fingerprint density at radius 1 is 0.265 bits per heavy atom. The molecule has 7 aromatic carbocycles. The van der Waals surface area contributed by atoms with Gasteiger partial charge in [-0.25, -0.2) is 0 Å². The number of aromatic nitrogens is 2. The van der Waals surface area contributed by atoms with Crippen LogP contribution in [-0.4, -0.2) is 8.80 Å². The summed E-state index contributed by atoms with van der Waals surface area (Å²) in [6, 6.07) is 43.9. The molecule has 0 aliphatic rings. The second kappa shape index (κ2) is 13.9. The molecule has 0 spiro atoms. The number of para-hydroxylation sites is 2. The fourth-order valence-electron chi connectivity index (χ4n) is 11.5. The molecule has 4 heterocycles. The lowest BCUT2D eigenvalue weighted by atomic mass is 9.78. The van der Waals surface area contributed by atoms with Gasteiger partial charge in [-0.15, -0.1) is 0 Å². The minimum absolute atomic E-state index is 0.00757. The summed E-state index contributed by atoms with van der Waals surface area (Å²) in [5.41, 5.74) is 21.1. The molecule has 4 aromatic heterocycles. The minimum atomic E-state index is -0.0224. The summed E-state index contributed by atoms with van der Waals surface area (Å²) in [5, 5.41) is 10.7. The molecule has 68 heavy (non-hydrogen) atoms. The molecule has 2 heteroatoms. The van der Waals surface area contributed by atoms with Crippen LogP contribution in [0.15, 0.2) is 109 Å². The van der Waals surface area contributed by atoms with Gasteiger partial charge < -0.3 is 8.80 Å². The first-order valence-electron chi connectivity index (χ1n) is 25.3. The second-order valence-electron chi connectivity index (χ2n) is 26.8. The van der Waals surface area contributed by atoms with E-state index in [0.29, 0.717) is 0 Å². The SMILES string of the molecule is CC(C)(C)c1cc(-c2cccc3c4c5c6ccc(C(C)(C)C)cc6n6c7c(-c8cc(C(C)(C)C)cc(C(C)(C)C)c8)cccc7c(c7c8ccc(C(C)(C)C)cc8n(c23)c74)c56)cc(C(C)(C)C)c1. The molecule has 0 N–H and O–H groups in total. The summed E-state index contributed by atoms with van der Waals surface area (Å²) in [6.45, 7) is 42.4. The van der Waals surface area contributed by atoms with E-state index in [1.165, 1.54) is 132 Å². The minimum Gasteiger partial charge on any atom is -0.307 e. The van der Waals surface area contributed by atoms with E-state index in [1.54, 1.807) is 0 Å². The molecule has 11 aromatic rings. The highest BCUT2D eigenvalue weighted by Crippen LogP contribution is 2.55. The third-order valence-electron chi connectivity index (χ3n) is 15.7. The first-order chi connectivity index (χ1) is 31.5. The summed E-state index contributed by atoms with van der Waals surface area (Å²) in [4.78, 5) is 0. The van der Waals surface area contributed by atoms with E-state index >= 15 is 0 Å². The Labute approximate surface area is 405 Å². The van der Waals surface area contributed by atoms with Crippen LogP contribution in [0.4, 0.5) is 0 Å². The molecule has 0 fully saturated rings. The lowest BCUT2D eigenvalue weighted by Gasteiger charge is -2.26. The third kappa shape index (κ3) is 6.48. The molecule has 0 saturated heterocycles. The normalized spacial score (nSPS) is 14.0. The largest absolute Gasteiger partial charge is 0.307 e. The highest BCUT2D eigenvalue weighted by Gasteiger charge is 2.33. The van der Waals surface area contributed by atoms with Crippen molar-refractivity contribution < 1.29 is 0 Å². The summed E-state index contributed by atoms with van der Waals surface area (Å²) >= 11 is 0. The van der Waals surface area contributed by atoms with Gasteiger partial charge in [0, 0.05) is 54.2 Å². The molecule has 2 nitrogen and oxygen atoms in total. The second-order valence-corrected chi connectivity index (χ2v) is 26.8. The molecule has 0 radical (unpaired) electrons. The Balaban J connectivity index is 1.41. The summed E-state index contributed by atoms with van der Waals surface area (Å²) < 4.78 is 5.40. The van der Waals surface area contributed by atoms with Crippen molar-refractivity contribution >= 4 is 76.2 Å². The van der Waals surface area contributed by atoms with Crippen molar-refractivity contribution in [3.05, 3.63) is 143 Å². The van der Waals surface area contributed by atoms with E-state index in [2.05, 4.69) is 243 Å². The number of nitrogens with zero attached hydrogens (tertiary/aromatic N) is 2. The van der Waals surface area contributed by atoms with E-state index in [-0.39, 0.29) is 32.5 Å². The van der Waals surface area contributed by atoms with Crippen LogP contribution in [0.5, 0.6) is 0 Å². The highest BCUT2D eigenvalue weighted by atomic mass is 14.9. The van der Waals surface area contributed by atoms with Crippen molar-refractivity contribution in [1.29, 1.82) is 0 Å². The molecule has 0 unspecified atom stereocenters. The molecule has 0 aliphatic carbocycles. The average molecular weight is 893 g/mol. The van der Waals surface area contributed by atoms with E-state index in [9.17, 15) is 0 Å². The van der Waals surface area contributed by atoms with Crippen molar-refractivity contribution in [1.82, 2.24) is 8.80 Å². The van der Waals surface area contributed by atoms with Crippen LogP contribution in [0.1, 0.15) is 158 Å². The van der Waals surface area contributed by atoms with E-state index in [1.807, 2.05) is 0 Å². The molecule has 0 bridgehead atoms. The van der Waals surface area contributed by atoms with E-state index in [0.717, 1.165) is 0 Å². The third-order valence-corrected chi connectivity index (χ3v) is 15.7. The van der Waals surface area contributed by atoms with Gasteiger partial charge in [0.2, 0.25) is 0 Å². The fourth-order valence-corrected chi connectivity index (χ4v) is 11.5. The van der Waals surface area contributed by atoms with Gasteiger partial charge in [0.25, 0.3) is 0 Å². The average Bonchev–Trinajstić information content (AvgIpc) is 3.97. The van der Waals surface area contributed by atoms with Gasteiger partial charge in [-0.05, 0) is 89.1 Å². The van der Waals surface area contributed by atoms with Crippen LogP contribution in [0.2, 0.25) is 0 Å². The number of hydrogen-bond donors (Lipinski definition) is 0. The predicted molar refractivity (Wildman–Crippen MR) is 299 cm³/mol. The molecular weight excluding hydrogens is 821 g/mol. The van der Waals surface area contributed by atoms with Crippen LogP contribution in [0.3, 0.4) is 0 Å². The maximum atomic E-state index is 2.70. The Kier molecular flexibility index (Phi) is 9.12. The van der Waals surface area contributed by atoms with Gasteiger partial charge in [0.1, 0.15) is 0 Å². The maximum Gasteiger partial charge on any atom is 0.0634 e. The first-order valence-corrected chi connectivity index (χ1v) is 25.3. The number of hydrogen-bond acceptors (Lipinski definition) is 0. The molecule has 11 rings (SSSR count). The van der Waals surface area contributed by atoms with Crippen LogP contribution < -0.4 is 0 Å². The summed E-state index contributed by atoms with van der Waals surface area (Å²) in [6.07, 6.45) is 0. The van der Waals surface area contributed by atoms with Gasteiger partial charge in [0.15, 0.2) is 0 Å². The van der Waals surface area contributed by atoms with Crippen LogP contribution in [0.25, 0.3) is 98.4 Å². The Bertz CT molecular complexity index is 3550. The van der Waals surface area contributed by atoms with Crippen LogP contribution >= 0.6 is 0 Å². The predicted octanol–water partition coefficient (Wildman–Crippen LogP) is 19.1. The standard InChI is InChI=1S/C66H72N2/c1-61(2,3)39-25-27-47-51(35-39)67-57-45(37-29-41(63(7,8)9)33-42(30-37)64(10,11)12)21-19-23-49(57)56-54-48-28-26-40(62(4,5)6)36-52(48)68-58-46(22-20-24-50(58)55(60(54)68)53(47)59(56)67)38-31-43(65(13,14)15)34-44(32-38)66(16,17)18/h19-36H,1-18H3. The summed E-state index contributed by atoms with van der Waals surface area (Å²) in [7, 11) is 0. The maximum absolute atomic E-state index is 2.70. The zero-order valence-corrected chi connectivity index (χ0v) is 44.3. The first kappa shape index (κ1) is 44.6. The van der Waals surface area contributed by atoms with Crippen molar-refractivity contribution in [2.45, 2.75) is 157 Å². The lowest BCUT2D eigenvalue weighted by molar-refractivity contribution is 0.568. The van der Waals surface area contributed by atoms with Crippen LogP contribution in [0, 0.1) is 0 Å². The Morgan fingerprint density at radius 3 is 0.853 bits per heavy atom. The smallest absolute Gasteiger partial charge is 0.0634 e. The lowest BCUT2D eigenvalue weighted by Crippen LogP contribution is -2.16. The molecule has 0 saturated carbocycles. The van der Waals surface area contributed by atoms with Gasteiger partial charge in [-0.3, -0.25) is 0 Å². The molecule has 0 aliphatic heterocycles. The zero-order chi connectivity index (χ0) is 48.7. The Hall–Kier alpha value is -5.86. The zero-order valence-electron chi connectivity index (χ0n) is 44.3. The van der Waals surface area contributed by atoms with Crippen LogP contribution in [-0.2, 0) is 32.5 Å². The van der Waals surface area contributed by atoms with Crippen molar-refractivity contribution in [2.75, 3.05) is 0 Å². The number of fused-ring (bicyclic) bond motifs is 14. The highest BCUT2D eigenvalue weighted by molar-refractivity contribution is 6.46. The molecule has 346 valence electrons. The van der Waals surface area contributed by atoms with Crippen molar-refractivity contribution in [2.24, 2.45) is 0 Å². The quantitative estimate of drug-likeness (QED) is 0.163. The topological polar surface area (TPSA) is 8.82 Å². The molecular formula is C66H72N2. The Morgan fingerprint density at radius 2 is 0.559 bits per heavy atom. The molecule has 0 atom stereocenters. The summed E-state index contributed by atoms with van der Waals surface area (Å²) in [5.74, 6) is 0. The van der Waals surface area contributed by atoms with Crippen molar-refractivity contribution in [3.8, 4) is 22.3 Å². The van der Waals surface area contributed by atoms with E-state index < -0.39 is 0 Å².